The highest BCUT2D eigenvalue weighted by molar-refractivity contribution is 9.11. The van der Waals surface area contributed by atoms with Crippen molar-refractivity contribution >= 4 is 33.2 Å². The summed E-state index contributed by atoms with van der Waals surface area (Å²) in [5.41, 5.74) is 0. The molecule has 0 spiro atoms. The molecule has 66 valence electrons. The van der Waals surface area contributed by atoms with Gasteiger partial charge in [-0.05, 0) is 28.1 Å². The molecular weight excluding hydrogens is 244 g/mol. The summed E-state index contributed by atoms with van der Waals surface area (Å²) >= 11 is 4.68. The molecule has 5 heteroatoms. The fourth-order valence-corrected chi connectivity index (χ4v) is 2.26. The Labute approximate surface area is 81.8 Å². The van der Waals surface area contributed by atoms with Crippen LogP contribution >= 0.6 is 27.3 Å². The molecule has 1 atom stereocenters. The fraction of sp³-hybridized carbons (Fsp3) is 0.286. The van der Waals surface area contributed by atoms with E-state index in [-0.39, 0.29) is 6.42 Å². The first-order valence-corrected chi connectivity index (χ1v) is 4.85. The maximum Gasteiger partial charge on any atom is 0.332 e. The number of halogens is 1. The standard InChI is InChI=1S/C7H7BrO3S/c8-6-2-1-4(12-6)3-5(9)7(10)11/h1-2,5,9H,3H2,(H,10,11). The van der Waals surface area contributed by atoms with Crippen molar-refractivity contribution in [3.63, 3.8) is 0 Å². The molecule has 2 N–H and O–H groups in total. The highest BCUT2D eigenvalue weighted by Crippen LogP contribution is 2.23. The number of carboxylic acid groups (broad SMARTS) is 1. The van der Waals surface area contributed by atoms with Crippen molar-refractivity contribution in [2.75, 3.05) is 0 Å². The number of aliphatic hydroxyl groups excluding tert-OH is 1. The van der Waals surface area contributed by atoms with Gasteiger partial charge in [-0.15, -0.1) is 11.3 Å². The van der Waals surface area contributed by atoms with Crippen LogP contribution in [-0.2, 0) is 11.2 Å². The molecule has 0 bridgehead atoms. The number of carbonyl (C=O) groups is 1. The van der Waals surface area contributed by atoms with Crippen LogP contribution in [0.2, 0.25) is 0 Å². The number of rotatable bonds is 3. The summed E-state index contributed by atoms with van der Waals surface area (Å²) in [7, 11) is 0. The molecule has 0 fully saturated rings. The van der Waals surface area contributed by atoms with E-state index in [0.29, 0.717) is 0 Å². The van der Waals surface area contributed by atoms with Gasteiger partial charge in [0.05, 0.1) is 3.79 Å². The van der Waals surface area contributed by atoms with E-state index in [1.54, 1.807) is 6.07 Å². The van der Waals surface area contributed by atoms with Gasteiger partial charge in [-0.25, -0.2) is 4.79 Å². The molecule has 0 saturated heterocycles. The van der Waals surface area contributed by atoms with Crippen molar-refractivity contribution in [3.05, 3.63) is 20.8 Å². The van der Waals surface area contributed by atoms with Crippen LogP contribution < -0.4 is 0 Å². The van der Waals surface area contributed by atoms with Crippen LogP contribution in [0.3, 0.4) is 0 Å². The Bertz CT molecular complexity index is 284. The van der Waals surface area contributed by atoms with Crippen molar-refractivity contribution in [1.29, 1.82) is 0 Å². The molecule has 1 heterocycles. The summed E-state index contributed by atoms with van der Waals surface area (Å²) < 4.78 is 0.940. The second-order valence-corrected chi connectivity index (χ2v) is 4.81. The Hall–Kier alpha value is -0.390. The lowest BCUT2D eigenvalue weighted by atomic mass is 10.2. The van der Waals surface area contributed by atoms with Gasteiger partial charge in [0.2, 0.25) is 0 Å². The third-order valence-electron chi connectivity index (χ3n) is 1.31. The Kier molecular flexibility index (Phi) is 3.25. The molecule has 1 unspecified atom stereocenters. The zero-order chi connectivity index (χ0) is 9.14. The Balaban J connectivity index is 2.58. The number of aliphatic hydroxyl groups is 1. The van der Waals surface area contributed by atoms with Gasteiger partial charge in [0, 0.05) is 11.3 Å². The van der Waals surface area contributed by atoms with Crippen LogP contribution in [0.25, 0.3) is 0 Å². The van der Waals surface area contributed by atoms with Crippen LogP contribution in [0.15, 0.2) is 15.9 Å². The van der Waals surface area contributed by atoms with Gasteiger partial charge in [0.15, 0.2) is 6.10 Å². The summed E-state index contributed by atoms with van der Waals surface area (Å²) in [4.78, 5) is 11.1. The minimum absolute atomic E-state index is 0.172. The summed E-state index contributed by atoms with van der Waals surface area (Å²) in [5, 5.41) is 17.4. The molecule has 0 aliphatic rings. The zero-order valence-electron chi connectivity index (χ0n) is 6.03. The average molecular weight is 251 g/mol. The summed E-state index contributed by atoms with van der Waals surface area (Å²) in [6.07, 6.45) is -1.12. The third kappa shape index (κ3) is 2.58. The molecule has 1 rings (SSSR count). The molecule has 0 saturated carbocycles. The number of hydrogen-bond acceptors (Lipinski definition) is 3. The molecule has 0 amide bonds. The maximum absolute atomic E-state index is 10.3. The smallest absolute Gasteiger partial charge is 0.332 e. The van der Waals surface area contributed by atoms with Crippen molar-refractivity contribution in [2.24, 2.45) is 0 Å². The van der Waals surface area contributed by atoms with Crippen LogP contribution in [0.5, 0.6) is 0 Å². The maximum atomic E-state index is 10.3. The lowest BCUT2D eigenvalue weighted by Gasteiger charge is -2.01. The highest BCUT2D eigenvalue weighted by Gasteiger charge is 2.14. The molecule has 12 heavy (non-hydrogen) atoms. The van der Waals surface area contributed by atoms with Gasteiger partial charge in [-0.1, -0.05) is 0 Å². The van der Waals surface area contributed by atoms with Crippen LogP contribution in [0.4, 0.5) is 0 Å². The monoisotopic (exact) mass is 250 g/mol. The lowest BCUT2D eigenvalue weighted by Crippen LogP contribution is -2.21. The number of thiophene rings is 1. The molecular formula is C7H7BrO3S. The Morgan fingerprint density at radius 3 is 2.75 bits per heavy atom. The van der Waals surface area contributed by atoms with Gasteiger partial charge in [-0.3, -0.25) is 0 Å². The van der Waals surface area contributed by atoms with E-state index in [9.17, 15) is 4.79 Å². The second-order valence-electron chi connectivity index (χ2n) is 2.26. The van der Waals surface area contributed by atoms with Crippen LogP contribution in [0.1, 0.15) is 4.88 Å². The van der Waals surface area contributed by atoms with Crippen molar-refractivity contribution in [1.82, 2.24) is 0 Å². The minimum atomic E-state index is -1.30. The highest BCUT2D eigenvalue weighted by atomic mass is 79.9. The van der Waals surface area contributed by atoms with Crippen LogP contribution in [0, 0.1) is 0 Å². The predicted molar refractivity (Wildman–Crippen MR) is 49.4 cm³/mol. The Morgan fingerprint density at radius 2 is 2.33 bits per heavy atom. The first-order valence-electron chi connectivity index (χ1n) is 3.24. The molecule has 1 aromatic heterocycles. The largest absolute Gasteiger partial charge is 0.479 e. The third-order valence-corrected chi connectivity index (χ3v) is 2.95. The SMILES string of the molecule is O=C(O)C(O)Cc1ccc(Br)s1. The fourth-order valence-electron chi connectivity index (χ4n) is 0.739. The first-order chi connectivity index (χ1) is 5.59. The normalized spacial score (nSPS) is 12.8. The molecule has 1 aromatic rings. The topological polar surface area (TPSA) is 57.5 Å². The number of aliphatic carboxylic acids is 1. The molecule has 0 radical (unpaired) electrons. The van der Waals surface area contributed by atoms with E-state index in [0.717, 1.165) is 8.66 Å². The van der Waals surface area contributed by atoms with E-state index < -0.39 is 12.1 Å². The van der Waals surface area contributed by atoms with E-state index >= 15 is 0 Å². The summed E-state index contributed by atoms with van der Waals surface area (Å²) in [6.45, 7) is 0. The summed E-state index contributed by atoms with van der Waals surface area (Å²) in [6, 6.07) is 3.62. The number of carboxylic acids is 1. The van der Waals surface area contributed by atoms with Gasteiger partial charge in [-0.2, -0.15) is 0 Å². The van der Waals surface area contributed by atoms with E-state index in [4.69, 9.17) is 10.2 Å². The zero-order valence-corrected chi connectivity index (χ0v) is 8.43. The quantitative estimate of drug-likeness (QED) is 0.855. The predicted octanol–water partition coefficient (Wildman–Crippen LogP) is 1.50. The van der Waals surface area contributed by atoms with Crippen LogP contribution in [-0.4, -0.2) is 22.3 Å². The van der Waals surface area contributed by atoms with E-state index in [1.165, 1.54) is 11.3 Å². The molecule has 3 nitrogen and oxygen atoms in total. The van der Waals surface area contributed by atoms with Gasteiger partial charge in [0.1, 0.15) is 0 Å². The van der Waals surface area contributed by atoms with E-state index in [1.807, 2.05) is 6.07 Å². The van der Waals surface area contributed by atoms with E-state index in [2.05, 4.69) is 15.9 Å². The second kappa shape index (κ2) is 4.02. The minimum Gasteiger partial charge on any atom is -0.479 e. The first kappa shape index (κ1) is 9.70. The Morgan fingerprint density at radius 1 is 1.67 bits per heavy atom. The van der Waals surface area contributed by atoms with Gasteiger partial charge >= 0.3 is 5.97 Å². The van der Waals surface area contributed by atoms with Gasteiger partial charge in [0.25, 0.3) is 0 Å². The van der Waals surface area contributed by atoms with Gasteiger partial charge < -0.3 is 10.2 Å². The van der Waals surface area contributed by atoms with Crippen molar-refractivity contribution < 1.29 is 15.0 Å². The lowest BCUT2D eigenvalue weighted by molar-refractivity contribution is -0.146. The van der Waals surface area contributed by atoms with Crippen molar-refractivity contribution in [3.8, 4) is 0 Å². The molecule has 0 aromatic carbocycles. The molecule has 0 aliphatic carbocycles. The van der Waals surface area contributed by atoms with Crippen molar-refractivity contribution in [2.45, 2.75) is 12.5 Å². The number of hydrogen-bond donors (Lipinski definition) is 2. The average Bonchev–Trinajstić information content (AvgIpc) is 2.35. The summed E-state index contributed by atoms with van der Waals surface area (Å²) in [5.74, 6) is -1.18. The molecule has 0 aliphatic heterocycles.